The molecule has 16 heavy (non-hydrogen) atoms. The van der Waals surface area contributed by atoms with Crippen molar-refractivity contribution < 1.29 is 19.1 Å². The van der Waals surface area contributed by atoms with Crippen LogP contribution in [0.4, 0.5) is 0 Å². The maximum atomic E-state index is 11.9. The quantitative estimate of drug-likeness (QED) is 0.545. The van der Waals surface area contributed by atoms with Gasteiger partial charge >= 0.3 is 11.9 Å². The maximum absolute atomic E-state index is 11.9. The van der Waals surface area contributed by atoms with E-state index in [2.05, 4.69) is 0 Å². The van der Waals surface area contributed by atoms with Crippen LogP contribution in [0.2, 0.25) is 0 Å². The number of rotatable bonds is 4. The average Bonchev–Trinajstić information content (AvgIpc) is 2.63. The van der Waals surface area contributed by atoms with Crippen molar-refractivity contribution in [2.45, 2.75) is 40.0 Å². The Morgan fingerprint density at radius 2 is 1.69 bits per heavy atom. The Bertz CT molecular complexity index is 254. The summed E-state index contributed by atoms with van der Waals surface area (Å²) in [7, 11) is 0. The number of carbonyl (C=O) groups excluding carboxylic acids is 2. The number of carbonyl (C=O) groups is 2. The summed E-state index contributed by atoms with van der Waals surface area (Å²) in [5.41, 5.74) is -1.04. The molecule has 0 amide bonds. The van der Waals surface area contributed by atoms with E-state index >= 15 is 0 Å². The van der Waals surface area contributed by atoms with Crippen molar-refractivity contribution in [1.82, 2.24) is 0 Å². The Balaban J connectivity index is 2.85. The minimum atomic E-state index is -1.04. The second-order valence-electron chi connectivity index (χ2n) is 4.37. The summed E-state index contributed by atoms with van der Waals surface area (Å²) in [6.45, 7) is 6.13. The Labute approximate surface area is 96.3 Å². The van der Waals surface area contributed by atoms with Gasteiger partial charge in [-0.15, -0.1) is 0 Å². The Kier molecular flexibility index (Phi) is 4.33. The van der Waals surface area contributed by atoms with E-state index in [9.17, 15) is 9.59 Å². The second kappa shape index (κ2) is 5.32. The topological polar surface area (TPSA) is 52.6 Å². The third-order valence-electron chi connectivity index (χ3n) is 3.09. The fourth-order valence-corrected chi connectivity index (χ4v) is 2.28. The van der Waals surface area contributed by atoms with Gasteiger partial charge in [0.1, 0.15) is 0 Å². The average molecular weight is 228 g/mol. The molecule has 0 aliphatic heterocycles. The third kappa shape index (κ3) is 2.36. The molecule has 0 saturated heterocycles. The Hall–Kier alpha value is -1.06. The van der Waals surface area contributed by atoms with Gasteiger partial charge in [0.05, 0.1) is 13.2 Å². The van der Waals surface area contributed by atoms with Gasteiger partial charge in [0, 0.05) is 0 Å². The molecule has 0 heterocycles. The van der Waals surface area contributed by atoms with Gasteiger partial charge in [-0.1, -0.05) is 6.92 Å². The van der Waals surface area contributed by atoms with Gasteiger partial charge in [0.25, 0.3) is 0 Å². The molecule has 0 spiro atoms. The third-order valence-corrected chi connectivity index (χ3v) is 3.09. The molecule has 0 aromatic heterocycles. The van der Waals surface area contributed by atoms with Gasteiger partial charge in [-0.3, -0.25) is 9.59 Å². The van der Waals surface area contributed by atoms with Crippen molar-refractivity contribution >= 4 is 11.9 Å². The maximum Gasteiger partial charge on any atom is 0.323 e. The lowest BCUT2D eigenvalue weighted by molar-refractivity contribution is -0.171. The summed E-state index contributed by atoms with van der Waals surface area (Å²) in [5.74, 6) is -0.468. The molecule has 4 heteroatoms. The molecule has 0 aromatic rings. The molecule has 1 aliphatic rings. The van der Waals surface area contributed by atoms with Crippen LogP contribution in [0, 0.1) is 11.3 Å². The molecular weight excluding hydrogens is 208 g/mol. The van der Waals surface area contributed by atoms with Crippen molar-refractivity contribution in [3.8, 4) is 0 Å². The van der Waals surface area contributed by atoms with Crippen LogP contribution in [0.25, 0.3) is 0 Å². The summed E-state index contributed by atoms with van der Waals surface area (Å²) in [6.07, 6.45) is 1.97. The molecule has 0 unspecified atom stereocenters. The van der Waals surface area contributed by atoms with Crippen LogP contribution < -0.4 is 0 Å². The van der Waals surface area contributed by atoms with E-state index in [1.54, 1.807) is 13.8 Å². The van der Waals surface area contributed by atoms with Gasteiger partial charge in [-0.05, 0) is 39.0 Å². The van der Waals surface area contributed by atoms with Crippen molar-refractivity contribution in [3.63, 3.8) is 0 Å². The number of hydrogen-bond donors (Lipinski definition) is 0. The predicted molar refractivity (Wildman–Crippen MR) is 58.7 cm³/mol. The molecule has 1 atom stereocenters. The molecule has 0 bridgehead atoms. The van der Waals surface area contributed by atoms with E-state index in [1.807, 2.05) is 6.92 Å². The lowest BCUT2D eigenvalue weighted by Gasteiger charge is -2.24. The van der Waals surface area contributed by atoms with Crippen molar-refractivity contribution in [2.24, 2.45) is 11.3 Å². The molecule has 1 aliphatic carbocycles. The number of hydrogen-bond acceptors (Lipinski definition) is 4. The summed E-state index contributed by atoms with van der Waals surface area (Å²) < 4.78 is 10.0. The van der Waals surface area contributed by atoms with Gasteiger partial charge in [0.2, 0.25) is 0 Å². The van der Waals surface area contributed by atoms with Gasteiger partial charge in [-0.2, -0.15) is 0 Å². The molecule has 1 rings (SSSR count). The van der Waals surface area contributed by atoms with E-state index in [0.717, 1.165) is 6.42 Å². The first-order chi connectivity index (χ1) is 7.56. The van der Waals surface area contributed by atoms with Crippen LogP contribution in [0.5, 0.6) is 0 Å². The molecule has 0 N–H and O–H groups in total. The zero-order valence-electron chi connectivity index (χ0n) is 10.2. The first kappa shape index (κ1) is 13.0. The van der Waals surface area contributed by atoms with Gasteiger partial charge in [0.15, 0.2) is 5.41 Å². The van der Waals surface area contributed by atoms with Gasteiger partial charge in [-0.25, -0.2) is 0 Å². The predicted octanol–water partition coefficient (Wildman–Crippen LogP) is 1.92. The van der Waals surface area contributed by atoms with Crippen LogP contribution in [-0.4, -0.2) is 25.2 Å². The van der Waals surface area contributed by atoms with E-state index < -0.39 is 17.4 Å². The monoisotopic (exact) mass is 228 g/mol. The first-order valence-corrected chi connectivity index (χ1v) is 5.91. The molecule has 4 nitrogen and oxygen atoms in total. The summed E-state index contributed by atoms with van der Waals surface area (Å²) in [6, 6.07) is 0. The van der Waals surface area contributed by atoms with Crippen LogP contribution in [0.1, 0.15) is 40.0 Å². The SMILES string of the molecule is CCOC(=O)C1(C(=O)OCC)CC[C@H](C)C1. The van der Waals surface area contributed by atoms with Crippen LogP contribution >= 0.6 is 0 Å². The van der Waals surface area contributed by atoms with E-state index in [0.29, 0.717) is 32.0 Å². The van der Waals surface area contributed by atoms with Crippen LogP contribution in [-0.2, 0) is 19.1 Å². The Morgan fingerprint density at radius 3 is 2.00 bits per heavy atom. The molecule has 92 valence electrons. The van der Waals surface area contributed by atoms with Crippen molar-refractivity contribution in [2.75, 3.05) is 13.2 Å². The van der Waals surface area contributed by atoms with Gasteiger partial charge < -0.3 is 9.47 Å². The zero-order valence-corrected chi connectivity index (χ0v) is 10.2. The summed E-state index contributed by atoms with van der Waals surface area (Å²) >= 11 is 0. The van der Waals surface area contributed by atoms with Crippen molar-refractivity contribution in [3.05, 3.63) is 0 Å². The minimum absolute atomic E-state index is 0.300. The van der Waals surface area contributed by atoms with Crippen LogP contribution in [0.3, 0.4) is 0 Å². The summed E-state index contributed by atoms with van der Waals surface area (Å²) in [5, 5.41) is 0. The lowest BCUT2D eigenvalue weighted by atomic mass is 9.85. The normalized spacial score (nSPS) is 22.8. The van der Waals surface area contributed by atoms with E-state index in [-0.39, 0.29) is 0 Å². The fraction of sp³-hybridized carbons (Fsp3) is 0.833. The van der Waals surface area contributed by atoms with E-state index in [4.69, 9.17) is 9.47 Å². The zero-order chi connectivity index (χ0) is 12.2. The molecule has 1 saturated carbocycles. The molecule has 0 aromatic carbocycles. The number of ether oxygens (including phenoxy) is 2. The highest BCUT2D eigenvalue weighted by molar-refractivity contribution is 6.00. The minimum Gasteiger partial charge on any atom is -0.465 e. The lowest BCUT2D eigenvalue weighted by Crippen LogP contribution is -2.40. The Morgan fingerprint density at radius 1 is 1.19 bits per heavy atom. The highest BCUT2D eigenvalue weighted by Gasteiger charge is 2.52. The number of esters is 2. The standard InChI is InChI=1S/C12H20O4/c1-4-15-10(13)12(11(14)16-5-2)7-6-9(3)8-12/h9H,4-8H2,1-3H3/t9-/m0/s1. The highest BCUT2D eigenvalue weighted by atomic mass is 16.6. The van der Waals surface area contributed by atoms with Crippen LogP contribution in [0.15, 0.2) is 0 Å². The smallest absolute Gasteiger partial charge is 0.323 e. The van der Waals surface area contributed by atoms with Crippen molar-refractivity contribution in [1.29, 1.82) is 0 Å². The highest BCUT2D eigenvalue weighted by Crippen LogP contribution is 2.43. The molecule has 0 radical (unpaired) electrons. The largest absolute Gasteiger partial charge is 0.465 e. The first-order valence-electron chi connectivity index (χ1n) is 5.91. The fourth-order valence-electron chi connectivity index (χ4n) is 2.28. The molecule has 1 fully saturated rings. The second-order valence-corrected chi connectivity index (χ2v) is 4.37. The summed E-state index contributed by atoms with van der Waals surface area (Å²) in [4.78, 5) is 23.8. The van der Waals surface area contributed by atoms with E-state index in [1.165, 1.54) is 0 Å². The molecular formula is C12H20O4.